The van der Waals surface area contributed by atoms with E-state index in [9.17, 15) is 13.2 Å². The van der Waals surface area contributed by atoms with Gasteiger partial charge in [0.05, 0.1) is 11.4 Å². The van der Waals surface area contributed by atoms with Gasteiger partial charge in [0.1, 0.15) is 0 Å². The van der Waals surface area contributed by atoms with Crippen LogP contribution in [-0.2, 0) is 14.8 Å². The van der Waals surface area contributed by atoms with Gasteiger partial charge in [-0.05, 0) is 30.7 Å². The lowest BCUT2D eigenvalue weighted by Crippen LogP contribution is -2.38. The molecule has 106 valence electrons. The summed E-state index contributed by atoms with van der Waals surface area (Å²) in [7, 11) is -2.29. The zero-order valence-electron chi connectivity index (χ0n) is 10.9. The smallest absolute Gasteiger partial charge is 0.243 e. The molecule has 1 rings (SSSR count). The summed E-state index contributed by atoms with van der Waals surface area (Å²) in [5, 5.41) is 3.09. The van der Waals surface area contributed by atoms with Crippen LogP contribution in [0.1, 0.15) is 13.3 Å². The lowest BCUT2D eigenvalue weighted by Gasteiger charge is -2.16. The summed E-state index contributed by atoms with van der Waals surface area (Å²) >= 11 is 5.71. The summed E-state index contributed by atoms with van der Waals surface area (Å²) in [5.74, 6) is -0.318. The predicted molar refractivity (Wildman–Crippen MR) is 74.6 cm³/mol. The lowest BCUT2D eigenvalue weighted by atomic mass is 10.4. The molecule has 5 nitrogen and oxygen atoms in total. The van der Waals surface area contributed by atoms with Crippen LogP contribution in [0, 0.1) is 0 Å². The molecule has 7 heteroatoms. The first-order valence-electron chi connectivity index (χ1n) is 5.86. The Hall–Kier alpha value is -1.11. The van der Waals surface area contributed by atoms with Gasteiger partial charge in [0, 0.05) is 18.6 Å². The van der Waals surface area contributed by atoms with Gasteiger partial charge in [-0.3, -0.25) is 4.79 Å². The number of hydrogen-bond donors (Lipinski definition) is 1. The number of amides is 1. The summed E-state index contributed by atoms with van der Waals surface area (Å²) in [6, 6.07) is 5.83. The molecule has 0 bridgehead atoms. The number of nitrogens with zero attached hydrogens (tertiary/aromatic N) is 1. The topological polar surface area (TPSA) is 66.5 Å². The molecule has 0 unspecified atom stereocenters. The molecule has 0 heterocycles. The second kappa shape index (κ2) is 6.88. The van der Waals surface area contributed by atoms with E-state index in [1.54, 1.807) is 0 Å². The van der Waals surface area contributed by atoms with Crippen molar-refractivity contribution in [1.29, 1.82) is 0 Å². The Morgan fingerprint density at radius 2 is 1.89 bits per heavy atom. The minimum absolute atomic E-state index is 0.114. The zero-order chi connectivity index (χ0) is 14.5. The van der Waals surface area contributed by atoms with Crippen molar-refractivity contribution >= 4 is 27.5 Å². The van der Waals surface area contributed by atoms with E-state index in [1.807, 2.05) is 6.92 Å². The molecule has 0 spiro atoms. The maximum Gasteiger partial charge on any atom is 0.243 e. The summed E-state index contributed by atoms with van der Waals surface area (Å²) in [5.41, 5.74) is 0. The van der Waals surface area contributed by atoms with Crippen molar-refractivity contribution in [1.82, 2.24) is 9.62 Å². The fourth-order valence-corrected chi connectivity index (χ4v) is 2.65. The van der Waals surface area contributed by atoms with Gasteiger partial charge in [-0.2, -0.15) is 4.31 Å². The third-order valence-corrected chi connectivity index (χ3v) is 4.53. The molecule has 1 aromatic carbocycles. The molecule has 0 radical (unpaired) electrons. The van der Waals surface area contributed by atoms with Crippen molar-refractivity contribution in [3.05, 3.63) is 29.3 Å². The molecule has 0 aliphatic carbocycles. The van der Waals surface area contributed by atoms with E-state index in [-0.39, 0.29) is 17.3 Å². The van der Waals surface area contributed by atoms with E-state index < -0.39 is 10.0 Å². The molecule has 0 fully saturated rings. The third kappa shape index (κ3) is 4.49. The summed E-state index contributed by atoms with van der Waals surface area (Å²) in [4.78, 5) is 11.6. The minimum atomic E-state index is -3.66. The number of nitrogens with one attached hydrogen (secondary N) is 1. The van der Waals surface area contributed by atoms with Crippen molar-refractivity contribution < 1.29 is 13.2 Å². The van der Waals surface area contributed by atoms with Gasteiger partial charge in [0.2, 0.25) is 15.9 Å². The van der Waals surface area contributed by atoms with Crippen LogP contribution in [0.15, 0.2) is 29.2 Å². The quantitative estimate of drug-likeness (QED) is 0.866. The average Bonchev–Trinajstić information content (AvgIpc) is 2.36. The van der Waals surface area contributed by atoms with Crippen LogP contribution in [0.4, 0.5) is 0 Å². The highest BCUT2D eigenvalue weighted by Crippen LogP contribution is 2.17. The summed E-state index contributed by atoms with van der Waals surface area (Å²) in [6.07, 6.45) is 0.805. The van der Waals surface area contributed by atoms with E-state index in [2.05, 4.69) is 5.32 Å². The highest BCUT2D eigenvalue weighted by atomic mass is 35.5. The number of sulfonamides is 1. The molecule has 0 aliphatic heterocycles. The largest absolute Gasteiger partial charge is 0.355 e. The zero-order valence-corrected chi connectivity index (χ0v) is 12.5. The van der Waals surface area contributed by atoms with Gasteiger partial charge in [0.15, 0.2) is 0 Å². The SMILES string of the molecule is CCCNC(=O)CN(C)S(=O)(=O)c1ccc(Cl)cc1. The second-order valence-electron chi connectivity index (χ2n) is 4.06. The first-order chi connectivity index (χ1) is 8.87. The summed E-state index contributed by atoms with van der Waals surface area (Å²) in [6.45, 7) is 2.26. The third-order valence-electron chi connectivity index (χ3n) is 2.46. The van der Waals surface area contributed by atoms with E-state index in [0.717, 1.165) is 10.7 Å². The Labute approximate surface area is 118 Å². The maximum atomic E-state index is 12.2. The van der Waals surface area contributed by atoms with Crippen molar-refractivity contribution in [2.45, 2.75) is 18.2 Å². The Morgan fingerprint density at radius 3 is 2.42 bits per heavy atom. The van der Waals surface area contributed by atoms with Crippen molar-refractivity contribution in [2.24, 2.45) is 0 Å². The number of benzene rings is 1. The van der Waals surface area contributed by atoms with Gasteiger partial charge in [0.25, 0.3) is 0 Å². The first-order valence-corrected chi connectivity index (χ1v) is 7.68. The van der Waals surface area contributed by atoms with E-state index in [0.29, 0.717) is 11.6 Å². The Balaban J connectivity index is 2.77. The van der Waals surface area contributed by atoms with Crippen molar-refractivity contribution in [3.63, 3.8) is 0 Å². The number of hydrogen-bond acceptors (Lipinski definition) is 3. The molecule has 0 aromatic heterocycles. The molecule has 1 aromatic rings. The molecular formula is C12H17ClN2O3S. The molecule has 19 heavy (non-hydrogen) atoms. The first kappa shape index (κ1) is 15.9. The number of carbonyl (C=O) groups is 1. The van der Waals surface area contributed by atoms with Gasteiger partial charge in [-0.15, -0.1) is 0 Å². The molecule has 1 amide bonds. The van der Waals surface area contributed by atoms with E-state index in [4.69, 9.17) is 11.6 Å². The van der Waals surface area contributed by atoms with Crippen LogP contribution in [0.5, 0.6) is 0 Å². The van der Waals surface area contributed by atoms with Crippen LogP contribution < -0.4 is 5.32 Å². The molecule has 0 saturated heterocycles. The van der Waals surface area contributed by atoms with Crippen LogP contribution in [0.2, 0.25) is 5.02 Å². The Kier molecular flexibility index (Phi) is 5.78. The van der Waals surface area contributed by atoms with Crippen molar-refractivity contribution in [3.8, 4) is 0 Å². The molecule has 0 atom stereocenters. The van der Waals surface area contributed by atoms with Crippen molar-refractivity contribution in [2.75, 3.05) is 20.1 Å². The van der Waals surface area contributed by atoms with Gasteiger partial charge in [-0.25, -0.2) is 8.42 Å². The molecular weight excluding hydrogens is 288 g/mol. The number of carbonyl (C=O) groups excluding carboxylic acids is 1. The fourth-order valence-electron chi connectivity index (χ4n) is 1.39. The summed E-state index contributed by atoms with van der Waals surface area (Å²) < 4.78 is 25.3. The number of likely N-dealkylation sites (N-methyl/N-ethyl adjacent to an activating group) is 1. The van der Waals surface area contributed by atoms with Crippen LogP contribution in [0.3, 0.4) is 0 Å². The van der Waals surface area contributed by atoms with E-state index in [1.165, 1.54) is 31.3 Å². The van der Waals surface area contributed by atoms with Gasteiger partial charge < -0.3 is 5.32 Å². The van der Waals surface area contributed by atoms with Crippen LogP contribution >= 0.6 is 11.6 Å². The Morgan fingerprint density at radius 1 is 1.32 bits per heavy atom. The predicted octanol–water partition coefficient (Wildman–Crippen LogP) is 1.49. The van der Waals surface area contributed by atoms with Gasteiger partial charge in [-0.1, -0.05) is 18.5 Å². The fraction of sp³-hybridized carbons (Fsp3) is 0.417. The number of halogens is 1. The molecule has 0 aliphatic rings. The highest BCUT2D eigenvalue weighted by molar-refractivity contribution is 7.89. The minimum Gasteiger partial charge on any atom is -0.355 e. The van der Waals surface area contributed by atoms with Crippen LogP contribution in [0.25, 0.3) is 0 Å². The lowest BCUT2D eigenvalue weighted by molar-refractivity contribution is -0.121. The second-order valence-corrected chi connectivity index (χ2v) is 6.55. The molecule has 1 N–H and O–H groups in total. The molecule has 0 saturated carbocycles. The average molecular weight is 305 g/mol. The normalized spacial score (nSPS) is 11.6. The monoisotopic (exact) mass is 304 g/mol. The Bertz CT molecular complexity index is 528. The van der Waals surface area contributed by atoms with E-state index >= 15 is 0 Å². The standard InChI is InChI=1S/C12H17ClN2O3S/c1-3-8-14-12(16)9-15(2)19(17,18)11-6-4-10(13)5-7-11/h4-7H,3,8-9H2,1-2H3,(H,14,16). The maximum absolute atomic E-state index is 12.2. The highest BCUT2D eigenvalue weighted by Gasteiger charge is 2.22. The van der Waals surface area contributed by atoms with Crippen LogP contribution in [-0.4, -0.2) is 38.8 Å². The number of rotatable bonds is 6. The van der Waals surface area contributed by atoms with Gasteiger partial charge >= 0.3 is 0 Å².